The Labute approximate surface area is 198 Å². The van der Waals surface area contributed by atoms with E-state index >= 15 is 0 Å². The van der Waals surface area contributed by atoms with E-state index in [1.165, 1.54) is 5.56 Å². The summed E-state index contributed by atoms with van der Waals surface area (Å²) in [5.41, 5.74) is 5.45. The van der Waals surface area contributed by atoms with Crippen molar-refractivity contribution in [1.82, 2.24) is 4.90 Å². The first-order valence-corrected chi connectivity index (χ1v) is 11.4. The number of aryl methyl sites for hydroxylation is 1. The minimum atomic E-state index is 0.0374. The average molecular weight is 446 g/mol. The molecule has 33 heavy (non-hydrogen) atoms. The van der Waals surface area contributed by atoms with Gasteiger partial charge in [-0.1, -0.05) is 68.8 Å². The second kappa shape index (κ2) is 10.6. The van der Waals surface area contributed by atoms with Crippen LogP contribution in [0.2, 0.25) is 0 Å². The second-order valence-electron chi connectivity index (χ2n) is 9.48. The van der Waals surface area contributed by atoms with Crippen LogP contribution in [0.1, 0.15) is 53.4 Å². The Kier molecular flexibility index (Phi) is 7.80. The minimum Gasteiger partial charge on any atom is -0.493 e. The zero-order chi connectivity index (χ0) is 24.0. The quantitative estimate of drug-likeness (QED) is 0.415. The molecular formula is C29H35NO3. The summed E-state index contributed by atoms with van der Waals surface area (Å²) in [6.45, 7) is 9.81. The highest BCUT2D eigenvalue weighted by Gasteiger charge is 2.18. The molecule has 3 aromatic rings. The number of rotatable bonds is 8. The summed E-state index contributed by atoms with van der Waals surface area (Å²) in [7, 11) is 3.26. The van der Waals surface area contributed by atoms with Crippen molar-refractivity contribution in [3.8, 4) is 11.5 Å². The molecule has 0 heterocycles. The molecule has 0 aliphatic rings. The Morgan fingerprint density at radius 2 is 1.42 bits per heavy atom. The van der Waals surface area contributed by atoms with Crippen molar-refractivity contribution in [2.45, 2.75) is 46.1 Å². The van der Waals surface area contributed by atoms with Gasteiger partial charge in [0.25, 0.3) is 5.91 Å². The normalized spacial score (nSPS) is 11.2. The van der Waals surface area contributed by atoms with Crippen LogP contribution in [0, 0.1) is 6.92 Å². The fourth-order valence-corrected chi connectivity index (χ4v) is 3.76. The number of hydrogen-bond acceptors (Lipinski definition) is 3. The Morgan fingerprint density at radius 3 is 2.00 bits per heavy atom. The molecule has 0 aromatic heterocycles. The molecule has 0 saturated carbocycles. The lowest BCUT2D eigenvalue weighted by Crippen LogP contribution is -2.32. The standard InChI is InChI=1S/C29H35NO3/c1-21-7-12-24(13-8-21)28(31)30(20-23-9-14-25(15-10-23)29(2,3)4)18-17-22-11-16-26(32-5)27(19-22)33-6/h7-16,19H,17-18,20H2,1-6H3. The average Bonchev–Trinajstić information content (AvgIpc) is 2.81. The molecule has 3 rings (SSSR count). The molecular weight excluding hydrogens is 410 g/mol. The molecule has 3 aromatic carbocycles. The molecule has 0 bridgehead atoms. The lowest BCUT2D eigenvalue weighted by atomic mass is 9.87. The summed E-state index contributed by atoms with van der Waals surface area (Å²) in [6.07, 6.45) is 0.720. The van der Waals surface area contributed by atoms with E-state index in [0.29, 0.717) is 30.2 Å². The third-order valence-electron chi connectivity index (χ3n) is 5.90. The Balaban J connectivity index is 1.82. The summed E-state index contributed by atoms with van der Waals surface area (Å²) in [5, 5.41) is 0. The molecule has 0 fully saturated rings. The van der Waals surface area contributed by atoms with Crippen LogP contribution in [0.4, 0.5) is 0 Å². The molecule has 0 aliphatic carbocycles. The van der Waals surface area contributed by atoms with Crippen LogP contribution in [0.25, 0.3) is 0 Å². The van der Waals surface area contributed by atoms with Crippen LogP contribution >= 0.6 is 0 Å². The van der Waals surface area contributed by atoms with Crippen molar-refractivity contribution in [1.29, 1.82) is 0 Å². The molecule has 174 valence electrons. The molecule has 4 heteroatoms. The van der Waals surface area contributed by atoms with Crippen molar-refractivity contribution in [3.63, 3.8) is 0 Å². The van der Waals surface area contributed by atoms with E-state index in [1.807, 2.05) is 54.3 Å². The summed E-state index contributed by atoms with van der Waals surface area (Å²) in [6, 6.07) is 22.3. The van der Waals surface area contributed by atoms with Crippen LogP contribution in [-0.2, 0) is 18.4 Å². The smallest absolute Gasteiger partial charge is 0.254 e. The van der Waals surface area contributed by atoms with E-state index in [1.54, 1.807) is 14.2 Å². The summed E-state index contributed by atoms with van der Waals surface area (Å²) < 4.78 is 10.8. The third kappa shape index (κ3) is 6.38. The second-order valence-corrected chi connectivity index (χ2v) is 9.48. The van der Waals surface area contributed by atoms with Gasteiger partial charge >= 0.3 is 0 Å². The zero-order valence-corrected chi connectivity index (χ0v) is 20.6. The zero-order valence-electron chi connectivity index (χ0n) is 20.6. The molecule has 0 unspecified atom stereocenters. The van der Waals surface area contributed by atoms with Gasteiger partial charge in [0, 0.05) is 18.7 Å². The van der Waals surface area contributed by atoms with Crippen molar-refractivity contribution in [2.75, 3.05) is 20.8 Å². The fraction of sp³-hybridized carbons (Fsp3) is 0.345. The van der Waals surface area contributed by atoms with Gasteiger partial charge in [-0.2, -0.15) is 0 Å². The number of benzene rings is 3. The summed E-state index contributed by atoms with van der Waals surface area (Å²) >= 11 is 0. The van der Waals surface area contributed by atoms with Crippen LogP contribution in [0.5, 0.6) is 11.5 Å². The predicted octanol–water partition coefficient (Wildman–Crippen LogP) is 6.19. The Morgan fingerprint density at radius 1 is 0.818 bits per heavy atom. The lowest BCUT2D eigenvalue weighted by Gasteiger charge is -2.24. The molecule has 0 N–H and O–H groups in total. The molecule has 0 spiro atoms. The van der Waals surface area contributed by atoms with Gasteiger partial charge in [0.2, 0.25) is 0 Å². The van der Waals surface area contributed by atoms with E-state index in [4.69, 9.17) is 9.47 Å². The van der Waals surface area contributed by atoms with Gasteiger partial charge in [-0.3, -0.25) is 4.79 Å². The Bertz CT molecular complexity index is 1060. The number of amides is 1. The van der Waals surface area contributed by atoms with Crippen molar-refractivity contribution >= 4 is 5.91 Å². The molecule has 0 aliphatic heterocycles. The Hall–Kier alpha value is -3.27. The SMILES string of the molecule is COc1ccc(CCN(Cc2ccc(C(C)(C)C)cc2)C(=O)c2ccc(C)cc2)cc1OC. The maximum Gasteiger partial charge on any atom is 0.254 e. The number of nitrogens with zero attached hydrogens (tertiary/aromatic N) is 1. The van der Waals surface area contributed by atoms with Gasteiger partial charge in [0.15, 0.2) is 11.5 Å². The van der Waals surface area contributed by atoms with Gasteiger partial charge < -0.3 is 14.4 Å². The number of carbonyl (C=O) groups excluding carboxylic acids is 1. The molecule has 1 amide bonds. The predicted molar refractivity (Wildman–Crippen MR) is 134 cm³/mol. The number of ether oxygens (including phenoxy) is 2. The van der Waals surface area contributed by atoms with Gasteiger partial charge in [-0.25, -0.2) is 0 Å². The fourth-order valence-electron chi connectivity index (χ4n) is 3.76. The third-order valence-corrected chi connectivity index (χ3v) is 5.90. The van der Waals surface area contributed by atoms with Crippen LogP contribution in [0.3, 0.4) is 0 Å². The monoisotopic (exact) mass is 445 g/mol. The van der Waals surface area contributed by atoms with Gasteiger partial charge in [-0.15, -0.1) is 0 Å². The van der Waals surface area contributed by atoms with E-state index in [0.717, 1.165) is 23.1 Å². The van der Waals surface area contributed by atoms with Crippen LogP contribution in [0.15, 0.2) is 66.7 Å². The van der Waals surface area contributed by atoms with Crippen LogP contribution < -0.4 is 9.47 Å². The minimum absolute atomic E-state index is 0.0374. The summed E-state index contributed by atoms with van der Waals surface area (Å²) in [4.78, 5) is 15.3. The van der Waals surface area contributed by atoms with Crippen molar-refractivity contribution in [3.05, 3.63) is 94.5 Å². The first kappa shape index (κ1) is 24.4. The highest BCUT2D eigenvalue weighted by atomic mass is 16.5. The molecule has 0 saturated heterocycles. The number of methoxy groups -OCH3 is 2. The van der Waals surface area contributed by atoms with Crippen molar-refractivity contribution < 1.29 is 14.3 Å². The maximum atomic E-state index is 13.4. The van der Waals surface area contributed by atoms with Gasteiger partial charge in [-0.05, 0) is 59.7 Å². The molecule has 0 atom stereocenters. The molecule has 4 nitrogen and oxygen atoms in total. The summed E-state index contributed by atoms with van der Waals surface area (Å²) in [5.74, 6) is 1.44. The van der Waals surface area contributed by atoms with E-state index < -0.39 is 0 Å². The number of carbonyl (C=O) groups is 1. The lowest BCUT2D eigenvalue weighted by molar-refractivity contribution is 0.0745. The largest absolute Gasteiger partial charge is 0.493 e. The van der Waals surface area contributed by atoms with Gasteiger partial charge in [0.05, 0.1) is 14.2 Å². The van der Waals surface area contributed by atoms with Crippen molar-refractivity contribution in [2.24, 2.45) is 0 Å². The number of hydrogen-bond donors (Lipinski definition) is 0. The molecule has 0 radical (unpaired) electrons. The van der Waals surface area contributed by atoms with E-state index in [2.05, 4.69) is 45.0 Å². The van der Waals surface area contributed by atoms with E-state index in [-0.39, 0.29) is 11.3 Å². The highest BCUT2D eigenvalue weighted by molar-refractivity contribution is 5.94. The van der Waals surface area contributed by atoms with Gasteiger partial charge in [0.1, 0.15) is 0 Å². The topological polar surface area (TPSA) is 38.8 Å². The van der Waals surface area contributed by atoms with Crippen LogP contribution in [-0.4, -0.2) is 31.6 Å². The highest BCUT2D eigenvalue weighted by Crippen LogP contribution is 2.28. The first-order chi connectivity index (χ1) is 15.7. The maximum absolute atomic E-state index is 13.4. The first-order valence-electron chi connectivity index (χ1n) is 11.4. The van der Waals surface area contributed by atoms with E-state index in [9.17, 15) is 4.79 Å².